The maximum atomic E-state index is 12.2. The lowest BCUT2D eigenvalue weighted by Gasteiger charge is -2.02. The Bertz CT molecular complexity index is 3280. The van der Waals surface area contributed by atoms with E-state index in [9.17, 15) is 38.9 Å². The number of nitrogens with one attached hydrogen (secondary N) is 2. The summed E-state index contributed by atoms with van der Waals surface area (Å²) in [7, 11) is -14.0. The molecule has 0 aliphatic carbocycles. The molecule has 0 radical (unpaired) electrons. The number of aromatic nitrogens is 8. The predicted octanol–water partition coefficient (Wildman–Crippen LogP) is 4.61. The molecule has 0 amide bonds. The monoisotopic (exact) mass is 754 g/mol. The molecule has 17 nitrogen and oxygen atoms in total. The highest BCUT2D eigenvalue weighted by Crippen LogP contribution is 2.38. The SMILES string of the molecule is O=S(=O)(O)c1ccc2c(c1)-c1nc-2nc2[nH]c(nc3nc(nc4[nH]c(n1)c1cc(S(=O)(=O)O)ccc41)-c1ccccc1-3)c1cc(S(=O)(=O)O)ccc21. The van der Waals surface area contributed by atoms with Gasteiger partial charge in [0.05, 0.1) is 14.7 Å². The Kier molecular flexibility index (Phi) is 6.59. The van der Waals surface area contributed by atoms with E-state index in [0.29, 0.717) is 27.5 Å². The molecule has 20 heteroatoms. The molecule has 0 fully saturated rings. The topological polar surface area (TPSA) is 272 Å². The average Bonchev–Trinajstić information content (AvgIpc) is 3.82. The minimum absolute atomic E-state index is 0.0230. The first-order valence-corrected chi connectivity index (χ1v) is 19.2. The van der Waals surface area contributed by atoms with Gasteiger partial charge in [0.15, 0.2) is 23.3 Å². The van der Waals surface area contributed by atoms with Crippen LogP contribution < -0.4 is 0 Å². The molecule has 7 aromatic rings. The molecule has 0 saturated carbocycles. The van der Waals surface area contributed by atoms with Gasteiger partial charge in [-0.2, -0.15) is 25.3 Å². The van der Waals surface area contributed by atoms with Crippen LogP contribution in [0, 0.1) is 0 Å². The van der Waals surface area contributed by atoms with Gasteiger partial charge in [-0.15, -0.1) is 0 Å². The van der Waals surface area contributed by atoms with Crippen molar-refractivity contribution in [3.8, 4) is 45.6 Å². The van der Waals surface area contributed by atoms with Crippen molar-refractivity contribution in [3.63, 3.8) is 0 Å². The van der Waals surface area contributed by atoms with Crippen molar-refractivity contribution >= 4 is 74.5 Å². The molecule has 2 aliphatic rings. The molecule has 0 unspecified atom stereocenters. The summed E-state index contributed by atoms with van der Waals surface area (Å²) in [6.07, 6.45) is 0. The maximum absolute atomic E-state index is 12.2. The van der Waals surface area contributed by atoms with Crippen LogP contribution in [0.4, 0.5) is 0 Å². The first-order valence-electron chi connectivity index (χ1n) is 14.9. The molecular weight excluding hydrogens is 737 g/mol. The molecule has 258 valence electrons. The fraction of sp³-hybridized carbons (Fsp3) is 0. The van der Waals surface area contributed by atoms with Crippen LogP contribution in [0.1, 0.15) is 0 Å². The second kappa shape index (κ2) is 10.7. The lowest BCUT2D eigenvalue weighted by atomic mass is 10.1. The van der Waals surface area contributed by atoms with Crippen LogP contribution >= 0.6 is 0 Å². The maximum Gasteiger partial charge on any atom is 0.294 e. The normalized spacial score (nSPS) is 13.0. The summed E-state index contributed by atoms with van der Waals surface area (Å²) < 4.78 is 102. The molecular formula is C32H18N8O9S3. The van der Waals surface area contributed by atoms with E-state index in [1.807, 2.05) is 0 Å². The number of H-pyrrole nitrogens is 2. The van der Waals surface area contributed by atoms with Crippen LogP contribution in [0.3, 0.4) is 0 Å². The number of rotatable bonds is 3. The fourth-order valence-electron chi connectivity index (χ4n) is 6.16. The van der Waals surface area contributed by atoms with Gasteiger partial charge in [0.1, 0.15) is 22.6 Å². The van der Waals surface area contributed by atoms with Crippen LogP contribution in [0.2, 0.25) is 0 Å². The largest absolute Gasteiger partial charge is 0.324 e. The number of hydrogen-bond donors (Lipinski definition) is 5. The zero-order valence-corrected chi connectivity index (χ0v) is 28.2. The zero-order valence-electron chi connectivity index (χ0n) is 25.7. The molecule has 2 aliphatic heterocycles. The van der Waals surface area contributed by atoms with Crippen LogP contribution in [0.5, 0.6) is 0 Å². The van der Waals surface area contributed by atoms with Crippen LogP contribution in [-0.4, -0.2) is 78.8 Å². The molecule has 3 aromatic heterocycles. The lowest BCUT2D eigenvalue weighted by Crippen LogP contribution is -1.98. The van der Waals surface area contributed by atoms with Crippen molar-refractivity contribution in [3.05, 3.63) is 78.9 Å². The second-order valence-electron chi connectivity index (χ2n) is 11.7. The summed E-state index contributed by atoms with van der Waals surface area (Å²) >= 11 is 0. The van der Waals surface area contributed by atoms with E-state index in [4.69, 9.17) is 15.0 Å². The minimum Gasteiger partial charge on any atom is -0.324 e. The number of hydrogen-bond acceptors (Lipinski definition) is 12. The third-order valence-corrected chi connectivity index (χ3v) is 11.1. The van der Waals surface area contributed by atoms with Gasteiger partial charge in [0.25, 0.3) is 30.4 Å². The molecule has 52 heavy (non-hydrogen) atoms. The Morgan fingerprint density at radius 2 is 0.731 bits per heavy atom. The number of fused-ring (bicyclic) bond motifs is 20. The number of benzene rings is 4. The fourth-order valence-corrected chi connectivity index (χ4v) is 7.68. The van der Waals surface area contributed by atoms with E-state index in [1.165, 1.54) is 42.5 Å². The highest BCUT2D eigenvalue weighted by atomic mass is 32.2. The molecule has 4 aromatic carbocycles. The third kappa shape index (κ3) is 5.12. The first-order chi connectivity index (χ1) is 24.6. The van der Waals surface area contributed by atoms with E-state index in [2.05, 4.69) is 24.9 Å². The van der Waals surface area contributed by atoms with Gasteiger partial charge in [0.2, 0.25) is 0 Å². The van der Waals surface area contributed by atoms with Gasteiger partial charge in [-0.1, -0.05) is 24.3 Å². The van der Waals surface area contributed by atoms with E-state index in [1.54, 1.807) is 24.3 Å². The highest BCUT2D eigenvalue weighted by Gasteiger charge is 2.25. The highest BCUT2D eigenvalue weighted by molar-refractivity contribution is 7.86. The van der Waals surface area contributed by atoms with E-state index >= 15 is 0 Å². The molecule has 0 spiro atoms. The minimum atomic E-state index is -4.68. The Morgan fingerprint density at radius 3 is 1.15 bits per heavy atom. The van der Waals surface area contributed by atoms with Crippen molar-refractivity contribution in [2.24, 2.45) is 0 Å². The summed E-state index contributed by atoms with van der Waals surface area (Å²) in [4.78, 5) is 33.0. The van der Waals surface area contributed by atoms with Gasteiger partial charge < -0.3 is 9.97 Å². The third-order valence-electron chi connectivity index (χ3n) is 8.55. The molecule has 9 rings (SSSR count). The number of aromatic amines is 2. The molecule has 5 heterocycles. The smallest absolute Gasteiger partial charge is 0.294 e. The quantitative estimate of drug-likeness (QED) is 0.154. The van der Waals surface area contributed by atoms with E-state index < -0.39 is 45.0 Å². The van der Waals surface area contributed by atoms with Crippen LogP contribution in [0.15, 0.2) is 93.5 Å². The van der Waals surface area contributed by atoms with Gasteiger partial charge in [-0.3, -0.25) is 13.7 Å². The van der Waals surface area contributed by atoms with Gasteiger partial charge in [-0.05, 0) is 54.6 Å². The Labute approximate surface area is 291 Å². The average molecular weight is 755 g/mol. The zero-order chi connectivity index (χ0) is 36.3. The number of nitrogens with zero attached hydrogens (tertiary/aromatic N) is 6. The summed E-state index contributed by atoms with van der Waals surface area (Å²) in [6, 6.07) is 18.4. The Balaban J connectivity index is 1.49. The van der Waals surface area contributed by atoms with Gasteiger partial charge in [0, 0.05) is 43.8 Å². The molecule has 0 saturated heterocycles. The first kappa shape index (κ1) is 31.9. The molecule has 8 bridgehead atoms. The van der Waals surface area contributed by atoms with Crippen molar-refractivity contribution in [2.45, 2.75) is 14.7 Å². The second-order valence-corrected chi connectivity index (χ2v) is 16.0. The van der Waals surface area contributed by atoms with Crippen molar-refractivity contribution in [2.75, 3.05) is 0 Å². The standard InChI is InChI=1S/C32H18N8O9S3/c41-50(42,43)14-5-8-19-22(11-14)30-36-26-18-4-2-1-3-17(18)25(33-26)34-27-20-9-6-15(51(44,45)46)12-23(20)31(38-27)40-32-24-13-16(52(47,48)49)7-10-21(24)29(39-32)35-28(19)37-30/h1-13H,(H,41,42,43)(H,44,45,46)(H,47,48,49)(H2,33,34,35,36,37,38,39,40). The summed E-state index contributed by atoms with van der Waals surface area (Å²) in [5.74, 6) is 0.327. The van der Waals surface area contributed by atoms with Gasteiger partial charge in [-0.25, -0.2) is 29.9 Å². The van der Waals surface area contributed by atoms with Gasteiger partial charge >= 0.3 is 0 Å². The van der Waals surface area contributed by atoms with Crippen LogP contribution in [-0.2, 0) is 30.4 Å². The summed E-state index contributed by atoms with van der Waals surface area (Å²) in [5, 5.41) is 1.21. The predicted molar refractivity (Wildman–Crippen MR) is 185 cm³/mol. The summed E-state index contributed by atoms with van der Waals surface area (Å²) in [6.45, 7) is 0. The van der Waals surface area contributed by atoms with Crippen molar-refractivity contribution in [1.82, 2.24) is 39.9 Å². The molecule has 5 N–H and O–H groups in total. The van der Waals surface area contributed by atoms with Crippen LogP contribution in [0.25, 0.3) is 89.7 Å². The van der Waals surface area contributed by atoms with Crippen molar-refractivity contribution in [1.29, 1.82) is 0 Å². The lowest BCUT2D eigenvalue weighted by molar-refractivity contribution is 0.481. The van der Waals surface area contributed by atoms with E-state index in [-0.39, 0.29) is 62.2 Å². The summed E-state index contributed by atoms with van der Waals surface area (Å²) in [5.41, 5.74) is 2.06. The molecule has 0 atom stereocenters. The van der Waals surface area contributed by atoms with E-state index in [0.717, 1.165) is 12.1 Å². The van der Waals surface area contributed by atoms with Crippen molar-refractivity contribution < 1.29 is 38.9 Å². The Hall–Kier alpha value is -6.03. The Morgan fingerprint density at radius 1 is 0.385 bits per heavy atom.